The summed E-state index contributed by atoms with van der Waals surface area (Å²) < 4.78 is 6.09. The lowest BCUT2D eigenvalue weighted by molar-refractivity contribution is -0.188. The molecule has 0 radical (unpaired) electrons. The number of carbonyl (C=O) groups is 2. The average molecular weight is 359 g/mol. The number of carbonyl (C=O) groups excluding carboxylic acids is 2. The van der Waals surface area contributed by atoms with Gasteiger partial charge in [0.2, 0.25) is 4.87 Å². The standard InChI is InChI=1S/C21H23ClO3/c22-21(6-5-16-3-1-2-4-17(16)18(21)23)19(24)25-20-10-13-7-14(11-20)9-15(8-13)12-20/h1-4,13-15H,5-12H2. The highest BCUT2D eigenvalue weighted by Gasteiger charge is 2.56. The van der Waals surface area contributed by atoms with Gasteiger partial charge in [-0.1, -0.05) is 35.9 Å². The molecule has 3 nitrogen and oxygen atoms in total. The predicted octanol–water partition coefficient (Wildman–Crippen LogP) is 4.31. The van der Waals surface area contributed by atoms with Gasteiger partial charge in [-0.05, 0) is 74.7 Å². The molecule has 0 amide bonds. The number of benzene rings is 1. The number of Topliss-reactive ketones (excluding diaryl/α,β-unsaturated/α-hetero) is 1. The number of esters is 1. The van der Waals surface area contributed by atoms with Crippen molar-refractivity contribution < 1.29 is 14.3 Å². The summed E-state index contributed by atoms with van der Waals surface area (Å²) in [7, 11) is 0. The number of aryl methyl sites for hydroxylation is 1. The minimum absolute atomic E-state index is 0.286. The van der Waals surface area contributed by atoms with Crippen LogP contribution in [0.25, 0.3) is 0 Å². The van der Waals surface area contributed by atoms with E-state index in [2.05, 4.69) is 0 Å². The number of fused-ring (bicyclic) bond motifs is 1. The molecular formula is C21H23ClO3. The van der Waals surface area contributed by atoms with Crippen LogP contribution >= 0.6 is 11.6 Å². The van der Waals surface area contributed by atoms with Crippen LogP contribution in [-0.2, 0) is 16.0 Å². The Morgan fingerprint density at radius 3 is 2.28 bits per heavy atom. The number of halogens is 1. The third kappa shape index (κ3) is 2.38. The Labute approximate surface area is 153 Å². The highest BCUT2D eigenvalue weighted by atomic mass is 35.5. The monoisotopic (exact) mass is 358 g/mol. The molecule has 0 N–H and O–H groups in total. The average Bonchev–Trinajstić information content (AvgIpc) is 2.57. The molecule has 1 atom stereocenters. The van der Waals surface area contributed by atoms with Crippen LogP contribution in [0, 0.1) is 17.8 Å². The number of ketones is 1. The van der Waals surface area contributed by atoms with Gasteiger partial charge < -0.3 is 4.74 Å². The molecule has 0 spiro atoms. The molecule has 4 heteroatoms. The molecule has 6 rings (SSSR count). The van der Waals surface area contributed by atoms with E-state index in [-0.39, 0.29) is 11.4 Å². The zero-order valence-corrected chi connectivity index (χ0v) is 15.1. The van der Waals surface area contributed by atoms with E-state index in [4.69, 9.17) is 16.3 Å². The first-order chi connectivity index (χ1) is 12.0. The maximum absolute atomic E-state index is 13.0. The van der Waals surface area contributed by atoms with Gasteiger partial charge in [0.1, 0.15) is 5.60 Å². The van der Waals surface area contributed by atoms with Crippen LogP contribution in [0.4, 0.5) is 0 Å². The van der Waals surface area contributed by atoms with Gasteiger partial charge >= 0.3 is 5.97 Å². The molecular weight excluding hydrogens is 336 g/mol. The van der Waals surface area contributed by atoms with Crippen LogP contribution in [0.5, 0.6) is 0 Å². The van der Waals surface area contributed by atoms with E-state index >= 15 is 0 Å². The van der Waals surface area contributed by atoms with Gasteiger partial charge in [-0.25, -0.2) is 4.79 Å². The van der Waals surface area contributed by atoms with Crippen molar-refractivity contribution in [3.8, 4) is 0 Å². The quantitative estimate of drug-likeness (QED) is 0.449. The van der Waals surface area contributed by atoms with E-state index < -0.39 is 10.8 Å². The second-order valence-electron chi connectivity index (χ2n) is 8.78. The molecule has 4 saturated carbocycles. The maximum atomic E-state index is 13.0. The summed E-state index contributed by atoms with van der Waals surface area (Å²) in [6, 6.07) is 7.45. The summed E-state index contributed by atoms with van der Waals surface area (Å²) in [5, 5.41) is 0. The Bertz CT molecular complexity index is 720. The van der Waals surface area contributed by atoms with E-state index in [1.165, 1.54) is 19.3 Å². The Balaban J connectivity index is 1.41. The normalized spacial score (nSPS) is 41.5. The summed E-state index contributed by atoms with van der Waals surface area (Å²) in [6.07, 6.45) is 7.71. The number of rotatable bonds is 2. The van der Waals surface area contributed by atoms with E-state index in [1.807, 2.05) is 18.2 Å². The third-order valence-electron chi connectivity index (χ3n) is 6.98. The molecule has 5 aliphatic carbocycles. The van der Waals surface area contributed by atoms with Crippen molar-refractivity contribution in [1.82, 2.24) is 0 Å². The molecule has 5 aliphatic rings. The van der Waals surface area contributed by atoms with Crippen LogP contribution in [0.2, 0.25) is 0 Å². The Morgan fingerprint density at radius 1 is 1.04 bits per heavy atom. The Kier molecular flexibility index (Phi) is 3.38. The fraction of sp³-hybridized carbons (Fsp3) is 0.619. The van der Waals surface area contributed by atoms with Crippen LogP contribution in [0.15, 0.2) is 24.3 Å². The largest absolute Gasteiger partial charge is 0.457 e. The zero-order chi connectivity index (χ0) is 17.2. The third-order valence-corrected chi connectivity index (χ3v) is 7.49. The van der Waals surface area contributed by atoms with Crippen molar-refractivity contribution in [3.63, 3.8) is 0 Å². The second kappa shape index (κ2) is 5.33. The van der Waals surface area contributed by atoms with Gasteiger partial charge in [-0.2, -0.15) is 0 Å². The highest BCUT2D eigenvalue weighted by Crippen LogP contribution is 2.57. The van der Waals surface area contributed by atoms with Crippen LogP contribution in [-0.4, -0.2) is 22.2 Å². The fourth-order valence-electron chi connectivity index (χ4n) is 6.22. The number of hydrogen-bond donors (Lipinski definition) is 0. The van der Waals surface area contributed by atoms with E-state index in [0.717, 1.165) is 24.8 Å². The van der Waals surface area contributed by atoms with E-state index in [0.29, 0.717) is 36.2 Å². The summed E-state index contributed by atoms with van der Waals surface area (Å²) in [5.41, 5.74) is 1.20. The topological polar surface area (TPSA) is 43.4 Å². The molecule has 0 aliphatic heterocycles. The highest BCUT2D eigenvalue weighted by molar-refractivity contribution is 6.48. The zero-order valence-electron chi connectivity index (χ0n) is 14.3. The smallest absolute Gasteiger partial charge is 0.335 e. The van der Waals surface area contributed by atoms with E-state index in [1.54, 1.807) is 6.07 Å². The molecule has 1 aromatic rings. The van der Waals surface area contributed by atoms with Crippen LogP contribution in [0.3, 0.4) is 0 Å². The number of hydrogen-bond acceptors (Lipinski definition) is 3. The van der Waals surface area contributed by atoms with Crippen molar-refractivity contribution in [3.05, 3.63) is 35.4 Å². The Hall–Kier alpha value is -1.35. The minimum atomic E-state index is -1.54. The molecule has 0 heterocycles. The van der Waals surface area contributed by atoms with Gasteiger partial charge in [0.05, 0.1) is 0 Å². The van der Waals surface area contributed by atoms with Gasteiger partial charge in [0.25, 0.3) is 0 Å². The molecule has 1 aromatic carbocycles. The summed E-state index contributed by atoms with van der Waals surface area (Å²) in [6.45, 7) is 0. The molecule has 25 heavy (non-hydrogen) atoms. The summed E-state index contributed by atoms with van der Waals surface area (Å²) in [4.78, 5) is 24.4. The summed E-state index contributed by atoms with van der Waals surface area (Å²) >= 11 is 6.62. The number of alkyl halides is 1. The van der Waals surface area contributed by atoms with Crippen molar-refractivity contribution in [2.75, 3.05) is 0 Å². The molecule has 4 fully saturated rings. The van der Waals surface area contributed by atoms with Crippen LogP contribution in [0.1, 0.15) is 60.9 Å². The van der Waals surface area contributed by atoms with Crippen molar-refractivity contribution >= 4 is 23.4 Å². The van der Waals surface area contributed by atoms with Gasteiger partial charge in [0.15, 0.2) is 5.78 Å². The molecule has 132 valence electrons. The lowest BCUT2D eigenvalue weighted by atomic mass is 9.54. The predicted molar refractivity (Wildman–Crippen MR) is 94.7 cm³/mol. The van der Waals surface area contributed by atoms with Crippen molar-refractivity contribution in [2.45, 2.75) is 61.8 Å². The summed E-state index contributed by atoms with van der Waals surface area (Å²) in [5.74, 6) is 1.27. The number of ether oxygens (including phenoxy) is 1. The van der Waals surface area contributed by atoms with Crippen LogP contribution < -0.4 is 0 Å². The van der Waals surface area contributed by atoms with Crippen molar-refractivity contribution in [1.29, 1.82) is 0 Å². The second-order valence-corrected chi connectivity index (χ2v) is 9.42. The van der Waals surface area contributed by atoms with Crippen molar-refractivity contribution in [2.24, 2.45) is 17.8 Å². The molecule has 0 aromatic heterocycles. The van der Waals surface area contributed by atoms with Gasteiger partial charge in [-0.3, -0.25) is 4.79 Å². The fourth-order valence-corrected chi connectivity index (χ4v) is 6.46. The molecule has 4 bridgehead atoms. The first-order valence-corrected chi connectivity index (χ1v) is 9.90. The molecule has 1 unspecified atom stereocenters. The van der Waals surface area contributed by atoms with Gasteiger partial charge in [-0.15, -0.1) is 0 Å². The Morgan fingerprint density at radius 2 is 1.64 bits per heavy atom. The first kappa shape index (κ1) is 15.9. The first-order valence-electron chi connectivity index (χ1n) is 9.52. The SMILES string of the molecule is O=C(OC12CC3CC(CC(C3)C1)C2)C1(Cl)CCc2ccccc2C1=O. The lowest BCUT2D eigenvalue weighted by Crippen LogP contribution is -2.56. The lowest BCUT2D eigenvalue weighted by Gasteiger charge is -2.56. The minimum Gasteiger partial charge on any atom is -0.457 e. The molecule has 0 saturated heterocycles. The maximum Gasteiger partial charge on any atom is 0.335 e. The van der Waals surface area contributed by atoms with Gasteiger partial charge in [0, 0.05) is 5.56 Å². The van der Waals surface area contributed by atoms with E-state index in [9.17, 15) is 9.59 Å².